The Morgan fingerprint density at radius 2 is 2.06 bits per heavy atom. The molecule has 17 heavy (non-hydrogen) atoms. The fourth-order valence-corrected chi connectivity index (χ4v) is 1.63. The molecule has 0 fully saturated rings. The number of alkyl halides is 1. The van der Waals surface area contributed by atoms with Crippen molar-refractivity contribution in [2.75, 3.05) is 18.9 Å². The highest BCUT2D eigenvalue weighted by Gasteiger charge is 2.10. The summed E-state index contributed by atoms with van der Waals surface area (Å²) in [7, 11) is 1.70. The van der Waals surface area contributed by atoms with Crippen LogP contribution >= 0.6 is 15.9 Å². The predicted molar refractivity (Wildman–Crippen MR) is 66.1 cm³/mol. The van der Waals surface area contributed by atoms with E-state index in [1.165, 1.54) is 6.07 Å². The van der Waals surface area contributed by atoms with Crippen molar-refractivity contribution in [1.29, 1.82) is 0 Å². The smallest absolute Gasteiger partial charge is 0.226 e. The number of nitrogens with zero attached hydrogens (tertiary/aromatic N) is 1. The molecule has 0 aliphatic carbocycles. The summed E-state index contributed by atoms with van der Waals surface area (Å²) >= 11 is 3.28. The van der Waals surface area contributed by atoms with Gasteiger partial charge < -0.3 is 4.90 Å². The van der Waals surface area contributed by atoms with Gasteiger partial charge in [-0.15, -0.1) is 0 Å². The summed E-state index contributed by atoms with van der Waals surface area (Å²) in [4.78, 5) is 13.3. The van der Waals surface area contributed by atoms with E-state index in [2.05, 4.69) is 15.9 Å². The molecule has 0 bridgehead atoms. The number of amides is 1. The first kappa shape index (κ1) is 14.1. The van der Waals surface area contributed by atoms with Crippen molar-refractivity contribution in [3.05, 3.63) is 35.4 Å². The van der Waals surface area contributed by atoms with Crippen LogP contribution in [0.2, 0.25) is 0 Å². The number of halogens is 3. The first-order valence-corrected chi connectivity index (χ1v) is 6.40. The second-order valence-corrected chi connectivity index (χ2v) is 4.58. The standard InChI is InChI=1S/C12H14BrF2NO/c1-16(6-2-5-13)12(17)8-9-3-4-10(14)11(15)7-9/h3-4,7H,2,5-6,8H2,1H3. The lowest BCUT2D eigenvalue weighted by molar-refractivity contribution is -0.129. The van der Waals surface area contributed by atoms with Gasteiger partial charge in [0.1, 0.15) is 0 Å². The molecule has 0 atom stereocenters. The van der Waals surface area contributed by atoms with Crippen molar-refractivity contribution in [2.45, 2.75) is 12.8 Å². The highest BCUT2D eigenvalue weighted by atomic mass is 79.9. The van der Waals surface area contributed by atoms with E-state index >= 15 is 0 Å². The minimum absolute atomic E-state index is 0.0932. The van der Waals surface area contributed by atoms with E-state index in [4.69, 9.17) is 0 Å². The van der Waals surface area contributed by atoms with Crippen LogP contribution in [-0.4, -0.2) is 29.7 Å². The Morgan fingerprint density at radius 3 is 2.65 bits per heavy atom. The van der Waals surface area contributed by atoms with Crippen LogP contribution in [-0.2, 0) is 11.2 Å². The van der Waals surface area contributed by atoms with Gasteiger partial charge in [0.15, 0.2) is 11.6 Å². The molecule has 0 saturated heterocycles. The van der Waals surface area contributed by atoms with Gasteiger partial charge in [-0.1, -0.05) is 22.0 Å². The molecule has 1 aromatic rings. The van der Waals surface area contributed by atoms with E-state index < -0.39 is 11.6 Å². The van der Waals surface area contributed by atoms with Crippen LogP contribution in [0.5, 0.6) is 0 Å². The van der Waals surface area contributed by atoms with Crippen molar-refractivity contribution in [3.63, 3.8) is 0 Å². The Kier molecular flexibility index (Phi) is 5.55. The first-order chi connectivity index (χ1) is 8.04. The summed E-state index contributed by atoms with van der Waals surface area (Å²) in [5.74, 6) is -1.91. The average molecular weight is 306 g/mol. The SMILES string of the molecule is CN(CCCBr)C(=O)Cc1ccc(F)c(F)c1. The molecule has 0 aliphatic rings. The Labute approximate surface area is 108 Å². The lowest BCUT2D eigenvalue weighted by Gasteiger charge is -2.16. The number of likely N-dealkylation sites (N-methyl/N-ethyl adjacent to an activating group) is 1. The Bertz CT molecular complexity index is 398. The maximum absolute atomic E-state index is 12.9. The zero-order valence-electron chi connectivity index (χ0n) is 9.55. The average Bonchev–Trinajstić information content (AvgIpc) is 2.30. The molecule has 0 radical (unpaired) electrons. The Hall–Kier alpha value is -0.970. The molecule has 0 aromatic heterocycles. The summed E-state index contributed by atoms with van der Waals surface area (Å²) in [5.41, 5.74) is 0.486. The third-order valence-corrected chi connectivity index (χ3v) is 2.95. The third kappa shape index (κ3) is 4.42. The van der Waals surface area contributed by atoms with Gasteiger partial charge in [0.2, 0.25) is 5.91 Å². The van der Waals surface area contributed by atoms with Gasteiger partial charge in [-0.2, -0.15) is 0 Å². The Balaban J connectivity index is 2.58. The van der Waals surface area contributed by atoms with E-state index in [1.54, 1.807) is 11.9 Å². The van der Waals surface area contributed by atoms with Gasteiger partial charge in [-0.25, -0.2) is 8.78 Å². The quantitative estimate of drug-likeness (QED) is 0.766. The van der Waals surface area contributed by atoms with Gasteiger partial charge in [0, 0.05) is 18.9 Å². The van der Waals surface area contributed by atoms with Crippen LogP contribution in [0.4, 0.5) is 8.78 Å². The van der Waals surface area contributed by atoms with Crippen LogP contribution in [0, 0.1) is 11.6 Å². The predicted octanol–water partition coefficient (Wildman–Crippen LogP) is 2.75. The van der Waals surface area contributed by atoms with Gasteiger partial charge in [-0.3, -0.25) is 4.79 Å². The minimum atomic E-state index is -0.918. The second kappa shape index (κ2) is 6.69. The highest BCUT2D eigenvalue weighted by Crippen LogP contribution is 2.10. The molecule has 1 rings (SSSR count). The van der Waals surface area contributed by atoms with Gasteiger partial charge in [0.05, 0.1) is 6.42 Å². The van der Waals surface area contributed by atoms with Crippen LogP contribution in [0.25, 0.3) is 0 Å². The van der Waals surface area contributed by atoms with Gasteiger partial charge in [-0.05, 0) is 24.1 Å². The zero-order valence-corrected chi connectivity index (χ0v) is 11.1. The molecule has 0 saturated carbocycles. The molecule has 0 spiro atoms. The number of carbonyl (C=O) groups is 1. The number of carbonyl (C=O) groups excluding carboxylic acids is 1. The molecular formula is C12H14BrF2NO. The molecule has 5 heteroatoms. The normalized spacial score (nSPS) is 10.4. The molecule has 0 N–H and O–H groups in total. The second-order valence-electron chi connectivity index (χ2n) is 3.78. The van der Waals surface area contributed by atoms with E-state index in [9.17, 15) is 13.6 Å². The molecule has 0 heterocycles. The molecular weight excluding hydrogens is 292 g/mol. The lowest BCUT2D eigenvalue weighted by atomic mass is 10.1. The largest absolute Gasteiger partial charge is 0.345 e. The third-order valence-electron chi connectivity index (χ3n) is 2.39. The van der Waals surface area contributed by atoms with E-state index in [-0.39, 0.29) is 12.3 Å². The van der Waals surface area contributed by atoms with E-state index in [1.807, 2.05) is 0 Å². The number of hydrogen-bond acceptors (Lipinski definition) is 1. The molecule has 0 unspecified atom stereocenters. The molecule has 2 nitrogen and oxygen atoms in total. The lowest BCUT2D eigenvalue weighted by Crippen LogP contribution is -2.29. The van der Waals surface area contributed by atoms with Crippen molar-refractivity contribution >= 4 is 21.8 Å². The van der Waals surface area contributed by atoms with Crippen LogP contribution < -0.4 is 0 Å². The van der Waals surface area contributed by atoms with Crippen molar-refractivity contribution < 1.29 is 13.6 Å². The van der Waals surface area contributed by atoms with Gasteiger partial charge >= 0.3 is 0 Å². The fourth-order valence-electron chi connectivity index (χ4n) is 1.38. The highest BCUT2D eigenvalue weighted by molar-refractivity contribution is 9.09. The fraction of sp³-hybridized carbons (Fsp3) is 0.417. The van der Waals surface area contributed by atoms with E-state index in [0.29, 0.717) is 12.1 Å². The number of benzene rings is 1. The summed E-state index contributed by atoms with van der Waals surface area (Å²) in [6.07, 6.45) is 0.954. The number of hydrogen-bond donors (Lipinski definition) is 0. The van der Waals surface area contributed by atoms with Crippen molar-refractivity contribution in [1.82, 2.24) is 4.90 Å². The molecule has 94 valence electrons. The number of rotatable bonds is 5. The monoisotopic (exact) mass is 305 g/mol. The topological polar surface area (TPSA) is 20.3 Å². The zero-order chi connectivity index (χ0) is 12.8. The van der Waals surface area contributed by atoms with Crippen molar-refractivity contribution in [2.24, 2.45) is 0 Å². The maximum Gasteiger partial charge on any atom is 0.226 e. The first-order valence-electron chi connectivity index (χ1n) is 5.28. The van der Waals surface area contributed by atoms with Crippen LogP contribution in [0.15, 0.2) is 18.2 Å². The summed E-state index contributed by atoms with van der Waals surface area (Å²) in [6, 6.07) is 3.52. The summed E-state index contributed by atoms with van der Waals surface area (Å²) < 4.78 is 25.6. The summed E-state index contributed by atoms with van der Waals surface area (Å²) in [6.45, 7) is 0.647. The molecule has 0 aliphatic heterocycles. The summed E-state index contributed by atoms with van der Waals surface area (Å²) in [5, 5.41) is 0.829. The van der Waals surface area contributed by atoms with Crippen LogP contribution in [0.3, 0.4) is 0 Å². The minimum Gasteiger partial charge on any atom is -0.345 e. The van der Waals surface area contributed by atoms with Crippen LogP contribution in [0.1, 0.15) is 12.0 Å². The molecule has 1 amide bonds. The Morgan fingerprint density at radius 1 is 1.35 bits per heavy atom. The van der Waals surface area contributed by atoms with E-state index in [0.717, 1.165) is 23.9 Å². The van der Waals surface area contributed by atoms with Crippen molar-refractivity contribution in [3.8, 4) is 0 Å². The maximum atomic E-state index is 12.9. The molecule has 1 aromatic carbocycles. The van der Waals surface area contributed by atoms with Gasteiger partial charge in [0.25, 0.3) is 0 Å².